The van der Waals surface area contributed by atoms with E-state index >= 15 is 0 Å². The second kappa shape index (κ2) is 6.56. The summed E-state index contributed by atoms with van der Waals surface area (Å²) >= 11 is 0. The number of para-hydroxylation sites is 1. The predicted octanol–water partition coefficient (Wildman–Crippen LogP) is 1.44. The van der Waals surface area contributed by atoms with E-state index in [2.05, 4.69) is 10.2 Å². The van der Waals surface area contributed by atoms with E-state index in [-0.39, 0.29) is 0 Å². The Balaban J connectivity index is 2.04. The summed E-state index contributed by atoms with van der Waals surface area (Å²) in [5.41, 5.74) is 0.681. The number of likely N-dealkylation sites (tertiary alicyclic amines) is 1. The van der Waals surface area contributed by atoms with Crippen LogP contribution in [-0.4, -0.2) is 57.9 Å². The number of hydrogen-bond donors (Lipinski definition) is 1. The molecule has 0 aromatic heterocycles. The van der Waals surface area contributed by atoms with Gasteiger partial charge in [0.1, 0.15) is 4.90 Å². The molecule has 0 bridgehead atoms. The van der Waals surface area contributed by atoms with Gasteiger partial charge < -0.3 is 10.2 Å². The number of anilines is 1. The van der Waals surface area contributed by atoms with Crippen molar-refractivity contribution in [1.82, 2.24) is 9.21 Å². The number of hydrogen-bond acceptors (Lipinski definition) is 4. The Morgan fingerprint density at radius 3 is 2.50 bits per heavy atom. The van der Waals surface area contributed by atoms with Crippen molar-refractivity contribution in [3.8, 4) is 0 Å². The first kappa shape index (κ1) is 15.3. The summed E-state index contributed by atoms with van der Waals surface area (Å²) < 4.78 is 25.7. The highest BCUT2D eigenvalue weighted by Gasteiger charge is 2.20. The van der Waals surface area contributed by atoms with Gasteiger partial charge in [0, 0.05) is 27.2 Å². The zero-order valence-electron chi connectivity index (χ0n) is 12.2. The molecule has 1 fully saturated rings. The van der Waals surface area contributed by atoms with Gasteiger partial charge in [-0.25, -0.2) is 12.7 Å². The quantitative estimate of drug-likeness (QED) is 0.863. The van der Waals surface area contributed by atoms with Crippen LogP contribution in [0.1, 0.15) is 12.8 Å². The summed E-state index contributed by atoms with van der Waals surface area (Å²) in [4.78, 5) is 2.74. The molecule has 5 nitrogen and oxygen atoms in total. The number of sulfonamides is 1. The molecular weight excluding hydrogens is 274 g/mol. The van der Waals surface area contributed by atoms with Crippen LogP contribution in [0.15, 0.2) is 29.2 Å². The van der Waals surface area contributed by atoms with E-state index in [4.69, 9.17) is 0 Å². The lowest BCUT2D eigenvalue weighted by atomic mass is 10.3. The van der Waals surface area contributed by atoms with Crippen LogP contribution in [-0.2, 0) is 10.0 Å². The monoisotopic (exact) mass is 297 g/mol. The average Bonchev–Trinajstić information content (AvgIpc) is 2.92. The average molecular weight is 297 g/mol. The van der Waals surface area contributed by atoms with Crippen LogP contribution in [0.3, 0.4) is 0 Å². The van der Waals surface area contributed by atoms with Gasteiger partial charge in [-0.3, -0.25) is 0 Å². The molecular formula is C14H23N3O2S. The summed E-state index contributed by atoms with van der Waals surface area (Å²) in [6.45, 7) is 4.02. The van der Waals surface area contributed by atoms with Crippen LogP contribution in [0.2, 0.25) is 0 Å². The summed E-state index contributed by atoms with van der Waals surface area (Å²) in [6, 6.07) is 7.07. The SMILES string of the molecule is CN(C)S(=O)(=O)c1ccccc1NCCN1CCCC1. The standard InChI is InChI=1S/C14H23N3O2S/c1-16(2)20(18,19)14-8-4-3-7-13(14)15-9-12-17-10-5-6-11-17/h3-4,7-8,15H,5-6,9-12H2,1-2H3. The van der Waals surface area contributed by atoms with E-state index in [1.165, 1.54) is 17.1 Å². The first-order chi connectivity index (χ1) is 9.51. The minimum Gasteiger partial charge on any atom is -0.383 e. The van der Waals surface area contributed by atoms with Crippen LogP contribution < -0.4 is 5.32 Å². The maximum atomic E-state index is 12.2. The molecule has 0 aliphatic carbocycles. The lowest BCUT2D eigenvalue weighted by molar-refractivity contribution is 0.352. The van der Waals surface area contributed by atoms with Crippen molar-refractivity contribution >= 4 is 15.7 Å². The van der Waals surface area contributed by atoms with E-state index < -0.39 is 10.0 Å². The first-order valence-corrected chi connectivity index (χ1v) is 8.43. The van der Waals surface area contributed by atoms with Gasteiger partial charge in [0.2, 0.25) is 10.0 Å². The van der Waals surface area contributed by atoms with Gasteiger partial charge in [0.25, 0.3) is 0 Å². The lowest BCUT2D eigenvalue weighted by Crippen LogP contribution is -2.27. The van der Waals surface area contributed by atoms with Gasteiger partial charge in [-0.1, -0.05) is 12.1 Å². The molecule has 0 amide bonds. The smallest absolute Gasteiger partial charge is 0.244 e. The molecule has 0 radical (unpaired) electrons. The molecule has 6 heteroatoms. The Hall–Kier alpha value is -1.11. The van der Waals surface area contributed by atoms with Gasteiger partial charge in [-0.15, -0.1) is 0 Å². The second-order valence-corrected chi connectivity index (χ2v) is 7.38. The van der Waals surface area contributed by atoms with Crippen LogP contribution in [0, 0.1) is 0 Å². The molecule has 1 aromatic rings. The summed E-state index contributed by atoms with van der Waals surface area (Å²) in [7, 11) is -0.296. The Bertz CT molecular complexity index is 537. The van der Waals surface area contributed by atoms with E-state index in [9.17, 15) is 8.42 Å². The Morgan fingerprint density at radius 1 is 1.20 bits per heavy atom. The predicted molar refractivity (Wildman–Crippen MR) is 81.5 cm³/mol. The molecule has 0 saturated carbocycles. The first-order valence-electron chi connectivity index (χ1n) is 6.99. The third-order valence-electron chi connectivity index (χ3n) is 3.59. The lowest BCUT2D eigenvalue weighted by Gasteiger charge is -2.18. The number of nitrogens with zero attached hydrogens (tertiary/aromatic N) is 2. The Labute approximate surface area is 121 Å². The van der Waals surface area contributed by atoms with E-state index in [1.54, 1.807) is 26.2 Å². The van der Waals surface area contributed by atoms with E-state index in [0.717, 1.165) is 26.2 Å². The molecule has 1 aliphatic rings. The second-order valence-electron chi connectivity index (χ2n) is 5.26. The van der Waals surface area contributed by atoms with Crippen molar-refractivity contribution in [2.75, 3.05) is 45.6 Å². The maximum Gasteiger partial charge on any atom is 0.244 e. The van der Waals surface area contributed by atoms with Gasteiger partial charge in [0.15, 0.2) is 0 Å². The van der Waals surface area contributed by atoms with E-state index in [1.807, 2.05) is 12.1 Å². The van der Waals surface area contributed by atoms with Gasteiger partial charge >= 0.3 is 0 Å². The third kappa shape index (κ3) is 3.50. The third-order valence-corrected chi connectivity index (χ3v) is 5.46. The molecule has 20 heavy (non-hydrogen) atoms. The molecule has 1 heterocycles. The molecule has 0 atom stereocenters. The number of rotatable bonds is 6. The number of benzene rings is 1. The Morgan fingerprint density at radius 2 is 1.85 bits per heavy atom. The fraction of sp³-hybridized carbons (Fsp3) is 0.571. The van der Waals surface area contributed by atoms with Crippen molar-refractivity contribution < 1.29 is 8.42 Å². The van der Waals surface area contributed by atoms with Crippen molar-refractivity contribution in [3.63, 3.8) is 0 Å². The summed E-state index contributed by atoms with van der Waals surface area (Å²) in [6.07, 6.45) is 2.54. The maximum absolute atomic E-state index is 12.2. The molecule has 0 unspecified atom stereocenters. The van der Waals surface area contributed by atoms with Crippen molar-refractivity contribution in [3.05, 3.63) is 24.3 Å². The van der Waals surface area contributed by atoms with Gasteiger partial charge in [-0.05, 0) is 38.1 Å². The van der Waals surface area contributed by atoms with Crippen molar-refractivity contribution in [1.29, 1.82) is 0 Å². The Kier molecular flexibility index (Phi) is 5.01. The topological polar surface area (TPSA) is 52.7 Å². The van der Waals surface area contributed by atoms with Crippen LogP contribution in [0.25, 0.3) is 0 Å². The highest BCUT2D eigenvalue weighted by Crippen LogP contribution is 2.22. The molecule has 1 aliphatic heterocycles. The molecule has 112 valence electrons. The molecule has 2 rings (SSSR count). The number of nitrogens with one attached hydrogen (secondary N) is 1. The minimum atomic E-state index is -3.40. The van der Waals surface area contributed by atoms with Gasteiger partial charge in [-0.2, -0.15) is 0 Å². The van der Waals surface area contributed by atoms with E-state index in [0.29, 0.717) is 10.6 Å². The van der Waals surface area contributed by atoms with Crippen LogP contribution in [0.4, 0.5) is 5.69 Å². The molecule has 1 saturated heterocycles. The summed E-state index contributed by atoms with van der Waals surface area (Å²) in [5, 5.41) is 3.25. The fourth-order valence-corrected chi connectivity index (χ4v) is 3.45. The highest BCUT2D eigenvalue weighted by molar-refractivity contribution is 7.89. The van der Waals surface area contributed by atoms with Gasteiger partial charge in [0.05, 0.1) is 5.69 Å². The molecule has 0 spiro atoms. The zero-order chi connectivity index (χ0) is 14.6. The largest absolute Gasteiger partial charge is 0.383 e. The molecule has 1 aromatic carbocycles. The highest BCUT2D eigenvalue weighted by atomic mass is 32.2. The van der Waals surface area contributed by atoms with Crippen molar-refractivity contribution in [2.45, 2.75) is 17.7 Å². The fourth-order valence-electron chi connectivity index (χ4n) is 2.39. The zero-order valence-corrected chi connectivity index (χ0v) is 13.0. The normalized spacial score (nSPS) is 16.8. The van der Waals surface area contributed by atoms with Crippen molar-refractivity contribution in [2.24, 2.45) is 0 Å². The van der Waals surface area contributed by atoms with Crippen LogP contribution >= 0.6 is 0 Å². The minimum absolute atomic E-state index is 0.339. The molecule has 1 N–H and O–H groups in total. The summed E-state index contributed by atoms with van der Waals surface area (Å²) in [5.74, 6) is 0. The van der Waals surface area contributed by atoms with Crippen LogP contribution in [0.5, 0.6) is 0 Å².